The largest absolute Gasteiger partial charge is 0.299 e. The molecule has 0 saturated heterocycles. The van der Waals surface area contributed by atoms with Crippen molar-refractivity contribution in [1.29, 1.82) is 0 Å². The lowest BCUT2D eigenvalue weighted by Gasteiger charge is -2.19. The van der Waals surface area contributed by atoms with E-state index in [1.54, 1.807) is 12.1 Å². The number of nitrogens with one attached hydrogen (secondary N) is 3. The molecule has 0 radical (unpaired) electrons. The Hall–Kier alpha value is -2.58. The highest BCUT2D eigenvalue weighted by Crippen LogP contribution is 2.25. The van der Waals surface area contributed by atoms with Gasteiger partial charge in [0.05, 0.1) is 20.6 Å². The average molecular weight is 464 g/mol. The maximum absolute atomic E-state index is 12.9. The lowest BCUT2D eigenvalue weighted by molar-refractivity contribution is -0.122. The topological polar surface area (TPSA) is 87.3 Å². The van der Waals surface area contributed by atoms with Gasteiger partial charge in [-0.05, 0) is 42.3 Å². The molecule has 0 aliphatic rings. The van der Waals surface area contributed by atoms with E-state index in [0.29, 0.717) is 5.69 Å². The van der Waals surface area contributed by atoms with Crippen molar-refractivity contribution in [2.75, 3.05) is 5.43 Å². The minimum Gasteiger partial charge on any atom is -0.299 e. The summed E-state index contributed by atoms with van der Waals surface area (Å²) < 4.78 is 28.2. The predicted molar refractivity (Wildman–Crippen MR) is 119 cm³/mol. The van der Waals surface area contributed by atoms with Gasteiger partial charge in [-0.2, -0.15) is 4.72 Å². The van der Waals surface area contributed by atoms with Crippen LogP contribution in [-0.2, 0) is 21.2 Å². The molecule has 0 spiro atoms. The van der Waals surface area contributed by atoms with Gasteiger partial charge in [-0.3, -0.25) is 15.6 Å². The third-order valence-corrected chi connectivity index (χ3v) is 6.41. The summed E-state index contributed by atoms with van der Waals surface area (Å²) in [5, 5.41) is 0.343. The first-order chi connectivity index (χ1) is 14.3. The molecule has 156 valence electrons. The maximum atomic E-state index is 12.9. The fourth-order valence-corrected chi connectivity index (χ4v) is 4.26. The molecule has 0 aliphatic carbocycles. The Morgan fingerprint density at radius 3 is 2.13 bits per heavy atom. The number of carbonyl (C=O) groups excluding carboxylic acids is 1. The quantitative estimate of drug-likeness (QED) is 0.440. The Labute approximate surface area is 185 Å². The van der Waals surface area contributed by atoms with Gasteiger partial charge < -0.3 is 0 Å². The second kappa shape index (κ2) is 9.95. The molecule has 1 atom stereocenters. The molecule has 3 N–H and O–H groups in total. The van der Waals surface area contributed by atoms with Crippen LogP contribution in [0.4, 0.5) is 5.69 Å². The number of hydrazine groups is 1. The van der Waals surface area contributed by atoms with Crippen molar-refractivity contribution in [3.05, 3.63) is 94.5 Å². The number of amides is 1. The van der Waals surface area contributed by atoms with Crippen molar-refractivity contribution < 1.29 is 13.2 Å². The van der Waals surface area contributed by atoms with E-state index >= 15 is 0 Å². The zero-order chi connectivity index (χ0) is 21.6. The SMILES string of the molecule is O=C(NNc1ccccc1)C(Cc1ccccc1)NS(=O)(=O)c1ccc(Cl)c(Cl)c1. The molecule has 30 heavy (non-hydrogen) atoms. The number of benzene rings is 3. The van der Waals surface area contributed by atoms with E-state index in [0.717, 1.165) is 5.56 Å². The highest BCUT2D eigenvalue weighted by Gasteiger charge is 2.26. The normalized spacial score (nSPS) is 12.2. The maximum Gasteiger partial charge on any atom is 0.256 e. The summed E-state index contributed by atoms with van der Waals surface area (Å²) in [4.78, 5) is 12.7. The first-order valence-corrected chi connectivity index (χ1v) is 11.2. The minimum absolute atomic E-state index is 0.0845. The van der Waals surface area contributed by atoms with Crippen LogP contribution < -0.4 is 15.6 Å². The highest BCUT2D eigenvalue weighted by molar-refractivity contribution is 7.89. The number of rotatable bonds is 8. The van der Waals surface area contributed by atoms with Gasteiger partial charge in [0.15, 0.2) is 0 Å². The summed E-state index contributed by atoms with van der Waals surface area (Å²) in [5.41, 5.74) is 6.79. The molecule has 3 rings (SSSR count). The van der Waals surface area contributed by atoms with Crippen molar-refractivity contribution in [2.45, 2.75) is 17.4 Å². The second-order valence-corrected chi connectivity index (χ2v) is 8.95. The van der Waals surface area contributed by atoms with Crippen molar-refractivity contribution in [1.82, 2.24) is 10.1 Å². The average Bonchev–Trinajstić information content (AvgIpc) is 2.74. The molecule has 0 aromatic heterocycles. The van der Waals surface area contributed by atoms with Gasteiger partial charge in [0, 0.05) is 0 Å². The van der Waals surface area contributed by atoms with Crippen LogP contribution >= 0.6 is 23.2 Å². The molecule has 1 unspecified atom stereocenters. The van der Waals surface area contributed by atoms with Crippen LogP contribution in [0.3, 0.4) is 0 Å². The van der Waals surface area contributed by atoms with E-state index in [2.05, 4.69) is 15.6 Å². The predicted octanol–water partition coefficient (Wildman–Crippen LogP) is 4.03. The Morgan fingerprint density at radius 2 is 1.50 bits per heavy atom. The molecule has 9 heteroatoms. The fraction of sp³-hybridized carbons (Fsp3) is 0.0952. The van der Waals surface area contributed by atoms with Gasteiger partial charge in [0.2, 0.25) is 10.0 Å². The molecule has 0 heterocycles. The molecular formula is C21H19Cl2N3O3S. The second-order valence-electron chi connectivity index (χ2n) is 6.42. The minimum atomic E-state index is -4.03. The van der Waals surface area contributed by atoms with Crippen LogP contribution in [-0.4, -0.2) is 20.4 Å². The van der Waals surface area contributed by atoms with Crippen molar-refractivity contribution in [3.63, 3.8) is 0 Å². The summed E-state index contributed by atoms with van der Waals surface area (Å²) in [6.45, 7) is 0. The van der Waals surface area contributed by atoms with E-state index in [1.807, 2.05) is 48.5 Å². The van der Waals surface area contributed by atoms with Crippen LogP contribution in [0.15, 0.2) is 83.8 Å². The molecule has 3 aromatic rings. The summed E-state index contributed by atoms with van der Waals surface area (Å²) in [5.74, 6) is -0.536. The smallest absolute Gasteiger partial charge is 0.256 e. The number of hydrogen-bond acceptors (Lipinski definition) is 4. The number of sulfonamides is 1. The molecule has 3 aromatic carbocycles. The van der Waals surface area contributed by atoms with Crippen molar-refractivity contribution >= 4 is 44.8 Å². The zero-order valence-electron chi connectivity index (χ0n) is 15.7. The van der Waals surface area contributed by atoms with Crippen LogP contribution in [0.5, 0.6) is 0 Å². The number of halogens is 2. The van der Waals surface area contributed by atoms with Crippen LogP contribution in [0.1, 0.15) is 5.56 Å². The van der Waals surface area contributed by atoms with E-state index < -0.39 is 22.0 Å². The van der Waals surface area contributed by atoms with Crippen LogP contribution in [0, 0.1) is 0 Å². The molecule has 0 bridgehead atoms. The van der Waals surface area contributed by atoms with Gasteiger partial charge in [0.25, 0.3) is 5.91 Å². The molecule has 0 saturated carbocycles. The lowest BCUT2D eigenvalue weighted by atomic mass is 10.1. The van der Waals surface area contributed by atoms with E-state index in [-0.39, 0.29) is 21.4 Å². The molecule has 6 nitrogen and oxygen atoms in total. The Kier molecular flexibility index (Phi) is 7.33. The molecular weight excluding hydrogens is 445 g/mol. The molecule has 0 aliphatic heterocycles. The van der Waals surface area contributed by atoms with Crippen molar-refractivity contribution in [2.24, 2.45) is 0 Å². The van der Waals surface area contributed by atoms with E-state index in [1.165, 1.54) is 18.2 Å². The number of para-hydroxylation sites is 1. The first kappa shape index (κ1) is 22.1. The van der Waals surface area contributed by atoms with Gasteiger partial charge >= 0.3 is 0 Å². The van der Waals surface area contributed by atoms with Crippen LogP contribution in [0.25, 0.3) is 0 Å². The summed E-state index contributed by atoms with van der Waals surface area (Å²) in [6.07, 6.45) is 0.156. The first-order valence-electron chi connectivity index (χ1n) is 8.97. The number of carbonyl (C=O) groups is 1. The van der Waals surface area contributed by atoms with E-state index in [9.17, 15) is 13.2 Å². The summed E-state index contributed by atoms with van der Waals surface area (Å²) >= 11 is 11.8. The summed E-state index contributed by atoms with van der Waals surface area (Å²) in [7, 11) is -4.03. The third kappa shape index (κ3) is 5.96. The monoisotopic (exact) mass is 463 g/mol. The molecule has 1 amide bonds. The van der Waals surface area contributed by atoms with Gasteiger partial charge in [-0.1, -0.05) is 71.7 Å². The number of hydrogen-bond donors (Lipinski definition) is 3. The van der Waals surface area contributed by atoms with Crippen LogP contribution in [0.2, 0.25) is 10.0 Å². The Bertz CT molecular complexity index is 1110. The third-order valence-electron chi connectivity index (χ3n) is 4.20. The standard InChI is InChI=1S/C21H19Cl2N3O3S/c22-18-12-11-17(14-19(18)23)30(28,29)26-20(13-15-7-3-1-4-8-15)21(27)25-24-16-9-5-2-6-10-16/h1-12,14,20,24,26H,13H2,(H,25,27). The van der Waals surface area contributed by atoms with Gasteiger partial charge in [-0.15, -0.1) is 0 Å². The van der Waals surface area contributed by atoms with Gasteiger partial charge in [0.1, 0.15) is 6.04 Å². The van der Waals surface area contributed by atoms with Gasteiger partial charge in [-0.25, -0.2) is 8.42 Å². The highest BCUT2D eigenvalue weighted by atomic mass is 35.5. The zero-order valence-corrected chi connectivity index (χ0v) is 18.0. The number of anilines is 1. The molecule has 0 fully saturated rings. The Balaban J connectivity index is 1.81. The fourth-order valence-electron chi connectivity index (χ4n) is 2.68. The Morgan fingerprint density at radius 1 is 0.867 bits per heavy atom. The van der Waals surface area contributed by atoms with E-state index in [4.69, 9.17) is 23.2 Å². The lowest BCUT2D eigenvalue weighted by Crippen LogP contribution is -2.49. The van der Waals surface area contributed by atoms with Crippen molar-refractivity contribution in [3.8, 4) is 0 Å². The summed E-state index contributed by atoms with van der Waals surface area (Å²) in [6, 6.07) is 21.0.